The zero-order chi connectivity index (χ0) is 14.9. The normalized spacial score (nSPS) is 26.4. The lowest BCUT2D eigenvalue weighted by Gasteiger charge is -2.36. The van der Waals surface area contributed by atoms with Crippen LogP contribution in [0.25, 0.3) is 0 Å². The summed E-state index contributed by atoms with van der Waals surface area (Å²) in [4.78, 5) is 19.5. The first-order valence-corrected chi connectivity index (χ1v) is 8.27. The van der Waals surface area contributed by atoms with Gasteiger partial charge in [0.1, 0.15) is 0 Å². The van der Waals surface area contributed by atoms with Crippen molar-refractivity contribution in [1.29, 1.82) is 0 Å². The molecule has 2 aliphatic heterocycles. The van der Waals surface area contributed by atoms with E-state index in [1.165, 1.54) is 0 Å². The van der Waals surface area contributed by atoms with Crippen molar-refractivity contribution < 1.29 is 4.79 Å². The molecule has 1 unspecified atom stereocenters. The molecule has 0 spiro atoms. The van der Waals surface area contributed by atoms with Gasteiger partial charge in [0.05, 0.1) is 6.04 Å². The molecule has 0 radical (unpaired) electrons. The van der Waals surface area contributed by atoms with Crippen LogP contribution < -0.4 is 0 Å². The van der Waals surface area contributed by atoms with Crippen molar-refractivity contribution in [3.8, 4) is 0 Å². The lowest BCUT2D eigenvalue weighted by Crippen LogP contribution is -2.47. The third kappa shape index (κ3) is 2.95. The smallest absolute Gasteiger partial charge is 0.319 e. The molecule has 0 aliphatic carbocycles. The number of carbonyl (C=O) groups is 1. The summed E-state index contributed by atoms with van der Waals surface area (Å²) in [5.41, 5.74) is 0. The van der Waals surface area contributed by atoms with E-state index < -0.39 is 0 Å². The van der Waals surface area contributed by atoms with Crippen LogP contribution in [0.1, 0.15) is 47.5 Å². The van der Waals surface area contributed by atoms with Gasteiger partial charge in [0, 0.05) is 31.7 Å². The number of hydrogen-bond donors (Lipinski definition) is 0. The van der Waals surface area contributed by atoms with Gasteiger partial charge in [-0.05, 0) is 39.2 Å². The average molecular weight is 281 g/mol. The number of hydrogen-bond acceptors (Lipinski definition) is 2. The quantitative estimate of drug-likeness (QED) is 0.792. The summed E-state index contributed by atoms with van der Waals surface area (Å²) in [6, 6.07) is 1.41. The molecule has 2 saturated heterocycles. The second-order valence-electron chi connectivity index (χ2n) is 6.91. The molecule has 2 rings (SSSR count). The van der Waals surface area contributed by atoms with Crippen molar-refractivity contribution in [1.82, 2.24) is 14.7 Å². The Balaban J connectivity index is 2.04. The lowest BCUT2D eigenvalue weighted by atomic mass is 10.0. The fourth-order valence-electron chi connectivity index (χ4n) is 3.65. The largest absolute Gasteiger partial charge is 0.320 e. The van der Waals surface area contributed by atoms with Crippen molar-refractivity contribution in [2.75, 3.05) is 26.2 Å². The molecule has 2 aliphatic rings. The minimum absolute atomic E-state index is 0.272. The summed E-state index contributed by atoms with van der Waals surface area (Å²) in [6.45, 7) is 15.3. The Hall–Kier alpha value is -0.770. The predicted molar refractivity (Wildman–Crippen MR) is 82.8 cm³/mol. The van der Waals surface area contributed by atoms with E-state index in [2.05, 4.69) is 49.3 Å². The first-order valence-electron chi connectivity index (χ1n) is 8.27. The highest BCUT2D eigenvalue weighted by Crippen LogP contribution is 2.29. The van der Waals surface area contributed by atoms with Gasteiger partial charge in [0.15, 0.2) is 0 Å². The summed E-state index contributed by atoms with van der Waals surface area (Å²) in [6.07, 6.45) is 2.27. The summed E-state index contributed by atoms with van der Waals surface area (Å²) in [7, 11) is 0. The van der Waals surface area contributed by atoms with Gasteiger partial charge in [0.2, 0.25) is 0 Å². The standard InChI is InChI=1S/C16H31N3O/c1-6-17-9-7-14(8-10-17)18-11-15(12(2)3)19(13(4)5)16(18)20/h12-15H,6-11H2,1-5H3. The van der Waals surface area contributed by atoms with E-state index in [4.69, 9.17) is 0 Å². The maximum Gasteiger partial charge on any atom is 0.320 e. The fraction of sp³-hybridized carbons (Fsp3) is 0.938. The SMILES string of the molecule is CCN1CCC(N2CC(C(C)C)N(C(C)C)C2=O)CC1. The van der Waals surface area contributed by atoms with Crippen LogP contribution in [0.4, 0.5) is 4.79 Å². The Morgan fingerprint density at radius 3 is 2.15 bits per heavy atom. The molecule has 1 atom stereocenters. The van der Waals surface area contributed by atoms with Crippen LogP contribution >= 0.6 is 0 Å². The Labute approximate surface area is 124 Å². The molecule has 0 saturated carbocycles. The van der Waals surface area contributed by atoms with Gasteiger partial charge >= 0.3 is 6.03 Å². The van der Waals surface area contributed by atoms with E-state index in [1.807, 2.05) is 0 Å². The van der Waals surface area contributed by atoms with Gasteiger partial charge in [-0.3, -0.25) is 0 Å². The average Bonchev–Trinajstić information content (AvgIpc) is 2.77. The van der Waals surface area contributed by atoms with E-state index in [0.717, 1.165) is 39.0 Å². The number of amides is 2. The number of nitrogens with zero attached hydrogens (tertiary/aromatic N) is 3. The van der Waals surface area contributed by atoms with E-state index in [-0.39, 0.29) is 6.03 Å². The number of urea groups is 1. The molecule has 0 N–H and O–H groups in total. The van der Waals surface area contributed by atoms with Crippen LogP contribution in [0, 0.1) is 5.92 Å². The van der Waals surface area contributed by atoms with Gasteiger partial charge in [-0.15, -0.1) is 0 Å². The maximum atomic E-state index is 12.8. The molecule has 2 fully saturated rings. The van der Waals surface area contributed by atoms with Gasteiger partial charge in [0.25, 0.3) is 0 Å². The molecule has 0 aromatic carbocycles. The van der Waals surface area contributed by atoms with Crippen LogP contribution in [0.15, 0.2) is 0 Å². The number of likely N-dealkylation sites (tertiary alicyclic amines) is 1. The summed E-state index contributed by atoms with van der Waals surface area (Å²) in [5, 5.41) is 0. The zero-order valence-electron chi connectivity index (χ0n) is 13.8. The molecule has 0 aromatic rings. The lowest BCUT2D eigenvalue weighted by molar-refractivity contribution is 0.129. The summed E-state index contributed by atoms with van der Waals surface area (Å²) < 4.78 is 0. The van der Waals surface area contributed by atoms with E-state index >= 15 is 0 Å². The summed E-state index contributed by atoms with van der Waals surface area (Å²) in [5.74, 6) is 0.530. The first kappa shape index (κ1) is 15.6. The summed E-state index contributed by atoms with van der Waals surface area (Å²) >= 11 is 0. The molecule has 116 valence electrons. The van der Waals surface area contributed by atoms with Gasteiger partial charge in [-0.2, -0.15) is 0 Å². The molecule has 4 nitrogen and oxygen atoms in total. The van der Waals surface area contributed by atoms with E-state index in [0.29, 0.717) is 24.0 Å². The molecule has 2 heterocycles. The highest BCUT2D eigenvalue weighted by atomic mass is 16.2. The zero-order valence-corrected chi connectivity index (χ0v) is 13.8. The molecule has 0 bridgehead atoms. The molecule has 0 aromatic heterocycles. The number of carbonyl (C=O) groups excluding carboxylic acids is 1. The third-order valence-corrected chi connectivity index (χ3v) is 4.98. The fourth-order valence-corrected chi connectivity index (χ4v) is 3.65. The van der Waals surface area contributed by atoms with E-state index in [1.54, 1.807) is 0 Å². The van der Waals surface area contributed by atoms with Crippen molar-refractivity contribution in [2.45, 2.75) is 65.6 Å². The number of rotatable bonds is 4. The number of piperidine rings is 1. The molecule has 2 amide bonds. The minimum atomic E-state index is 0.272. The Bertz CT molecular complexity index is 335. The Kier molecular flexibility index (Phi) is 4.95. The topological polar surface area (TPSA) is 26.8 Å². The predicted octanol–water partition coefficient (Wildman–Crippen LogP) is 2.64. The highest BCUT2D eigenvalue weighted by Gasteiger charge is 2.43. The van der Waals surface area contributed by atoms with Crippen LogP contribution in [0.2, 0.25) is 0 Å². The van der Waals surface area contributed by atoms with Crippen LogP contribution in [-0.2, 0) is 0 Å². The van der Waals surface area contributed by atoms with Gasteiger partial charge < -0.3 is 14.7 Å². The third-order valence-electron chi connectivity index (χ3n) is 4.98. The molecular weight excluding hydrogens is 250 g/mol. The van der Waals surface area contributed by atoms with Crippen LogP contribution in [0.3, 0.4) is 0 Å². The first-order chi connectivity index (χ1) is 9.45. The highest BCUT2D eigenvalue weighted by molar-refractivity contribution is 5.78. The minimum Gasteiger partial charge on any atom is -0.319 e. The van der Waals surface area contributed by atoms with Crippen molar-refractivity contribution in [3.05, 3.63) is 0 Å². The Morgan fingerprint density at radius 2 is 1.75 bits per heavy atom. The van der Waals surface area contributed by atoms with Crippen molar-refractivity contribution >= 4 is 6.03 Å². The van der Waals surface area contributed by atoms with E-state index in [9.17, 15) is 4.79 Å². The van der Waals surface area contributed by atoms with Crippen molar-refractivity contribution in [3.63, 3.8) is 0 Å². The van der Waals surface area contributed by atoms with Crippen molar-refractivity contribution in [2.24, 2.45) is 5.92 Å². The van der Waals surface area contributed by atoms with Gasteiger partial charge in [-0.1, -0.05) is 20.8 Å². The van der Waals surface area contributed by atoms with Gasteiger partial charge in [-0.25, -0.2) is 4.79 Å². The Morgan fingerprint density at radius 1 is 1.15 bits per heavy atom. The molecule has 20 heavy (non-hydrogen) atoms. The maximum absolute atomic E-state index is 12.8. The second kappa shape index (κ2) is 6.33. The second-order valence-corrected chi connectivity index (χ2v) is 6.91. The monoisotopic (exact) mass is 281 g/mol. The van der Waals surface area contributed by atoms with Crippen LogP contribution in [0.5, 0.6) is 0 Å². The molecule has 4 heteroatoms. The van der Waals surface area contributed by atoms with Crippen LogP contribution in [-0.4, -0.2) is 65.0 Å². The molecular formula is C16H31N3O.